The van der Waals surface area contributed by atoms with Gasteiger partial charge in [-0.1, -0.05) is 0 Å². The van der Waals surface area contributed by atoms with Crippen LogP contribution in [0.2, 0.25) is 0 Å². The van der Waals surface area contributed by atoms with Crippen LogP contribution in [0.4, 0.5) is 8.78 Å². The fourth-order valence-corrected chi connectivity index (χ4v) is 2.56. The lowest BCUT2D eigenvalue weighted by Crippen LogP contribution is -2.20. The van der Waals surface area contributed by atoms with Crippen LogP contribution in [0.1, 0.15) is 17.2 Å². The third kappa shape index (κ3) is 2.37. The number of ether oxygens (including phenoxy) is 1. The summed E-state index contributed by atoms with van der Waals surface area (Å²) in [5.41, 5.74) is 0.849. The molecule has 0 fully saturated rings. The Morgan fingerprint density at radius 1 is 1.28 bits per heavy atom. The van der Waals surface area contributed by atoms with Crippen molar-refractivity contribution in [2.45, 2.75) is 6.04 Å². The molecule has 2 rings (SSSR count). The summed E-state index contributed by atoms with van der Waals surface area (Å²) in [5.74, 6) is -1.05. The quantitative estimate of drug-likeness (QED) is 0.919. The van der Waals surface area contributed by atoms with Crippen LogP contribution in [0.25, 0.3) is 0 Å². The van der Waals surface area contributed by atoms with E-state index in [4.69, 9.17) is 4.74 Å². The minimum Gasteiger partial charge on any atom is -0.497 e. The van der Waals surface area contributed by atoms with Gasteiger partial charge in [0.1, 0.15) is 17.4 Å². The number of methoxy groups -OCH3 is 1. The van der Waals surface area contributed by atoms with Crippen LogP contribution in [-0.4, -0.2) is 14.2 Å². The van der Waals surface area contributed by atoms with Gasteiger partial charge in [-0.15, -0.1) is 0 Å². The molecule has 0 aliphatic heterocycles. The van der Waals surface area contributed by atoms with Gasteiger partial charge in [0.15, 0.2) is 0 Å². The van der Waals surface area contributed by atoms with Gasteiger partial charge < -0.3 is 10.1 Å². The maximum atomic E-state index is 14.0. The maximum absolute atomic E-state index is 14.0. The topological polar surface area (TPSA) is 21.3 Å². The molecule has 1 N–H and O–H groups in total. The number of halogens is 2. The Kier molecular flexibility index (Phi) is 3.93. The first-order valence-corrected chi connectivity index (χ1v) is 6.34. The first-order chi connectivity index (χ1) is 8.67. The molecule has 0 aliphatic rings. The van der Waals surface area contributed by atoms with Crippen molar-refractivity contribution >= 4 is 11.3 Å². The average molecular weight is 269 g/mol. The molecule has 5 heteroatoms. The van der Waals surface area contributed by atoms with Crippen LogP contribution >= 0.6 is 11.3 Å². The SMILES string of the molecule is CNC(c1ccsc1)c1c(F)cc(OC)cc1F. The van der Waals surface area contributed by atoms with E-state index in [0.717, 1.165) is 5.56 Å². The molecule has 2 aromatic rings. The van der Waals surface area contributed by atoms with E-state index >= 15 is 0 Å². The number of hydrogen-bond acceptors (Lipinski definition) is 3. The lowest BCUT2D eigenvalue weighted by atomic mass is 10.00. The zero-order valence-electron chi connectivity index (χ0n) is 10.0. The summed E-state index contributed by atoms with van der Waals surface area (Å²) >= 11 is 1.49. The number of nitrogens with one attached hydrogen (secondary N) is 1. The third-order valence-electron chi connectivity index (χ3n) is 2.74. The smallest absolute Gasteiger partial charge is 0.134 e. The van der Waals surface area contributed by atoms with Crippen molar-refractivity contribution in [1.29, 1.82) is 0 Å². The third-order valence-corrected chi connectivity index (χ3v) is 3.44. The zero-order chi connectivity index (χ0) is 13.1. The Hall–Kier alpha value is -1.46. The first-order valence-electron chi connectivity index (χ1n) is 5.39. The highest BCUT2D eigenvalue weighted by Gasteiger charge is 2.22. The van der Waals surface area contributed by atoms with E-state index in [1.165, 1.54) is 30.6 Å². The van der Waals surface area contributed by atoms with Gasteiger partial charge in [-0.2, -0.15) is 11.3 Å². The van der Waals surface area contributed by atoms with E-state index in [1.807, 2.05) is 16.8 Å². The van der Waals surface area contributed by atoms with Crippen molar-refractivity contribution in [3.63, 3.8) is 0 Å². The average Bonchev–Trinajstić information content (AvgIpc) is 2.86. The Morgan fingerprint density at radius 3 is 2.39 bits per heavy atom. The minimum absolute atomic E-state index is 0.0108. The Balaban J connectivity index is 2.49. The highest BCUT2D eigenvalue weighted by molar-refractivity contribution is 7.08. The molecule has 0 radical (unpaired) electrons. The van der Waals surface area contributed by atoms with Crippen molar-refractivity contribution in [3.8, 4) is 5.75 Å². The van der Waals surface area contributed by atoms with E-state index in [2.05, 4.69) is 5.32 Å². The first kappa shape index (κ1) is 13.0. The Morgan fingerprint density at radius 2 is 1.94 bits per heavy atom. The standard InChI is InChI=1S/C13H13F2NOS/c1-16-13(8-3-4-18-7-8)12-10(14)5-9(17-2)6-11(12)15/h3-7,13,16H,1-2H3. The predicted octanol–water partition coefficient (Wildman–Crippen LogP) is 3.34. The molecule has 1 heterocycles. The normalized spacial score (nSPS) is 12.4. The lowest BCUT2D eigenvalue weighted by molar-refractivity contribution is 0.403. The Labute approximate surface area is 108 Å². The van der Waals surface area contributed by atoms with Crippen LogP contribution in [0.15, 0.2) is 29.0 Å². The van der Waals surface area contributed by atoms with Crippen molar-refractivity contribution in [1.82, 2.24) is 5.32 Å². The molecule has 1 unspecified atom stereocenters. The number of benzene rings is 1. The maximum Gasteiger partial charge on any atom is 0.134 e. The molecule has 0 saturated carbocycles. The molecule has 0 saturated heterocycles. The fraction of sp³-hybridized carbons (Fsp3) is 0.231. The van der Waals surface area contributed by atoms with Gasteiger partial charge in [0.2, 0.25) is 0 Å². The molecule has 1 atom stereocenters. The molecule has 1 aromatic heterocycles. The summed E-state index contributed by atoms with van der Waals surface area (Å²) in [6.07, 6.45) is 0. The van der Waals surface area contributed by atoms with Crippen molar-refractivity contribution < 1.29 is 13.5 Å². The second kappa shape index (κ2) is 5.46. The fourth-order valence-electron chi connectivity index (χ4n) is 1.87. The van der Waals surface area contributed by atoms with E-state index in [0.29, 0.717) is 0 Å². The molecule has 1 aromatic carbocycles. The Bertz CT molecular complexity index is 505. The van der Waals surface area contributed by atoms with E-state index in [1.54, 1.807) is 7.05 Å². The second-order valence-corrected chi connectivity index (χ2v) is 4.56. The number of rotatable bonds is 4. The number of thiophene rings is 1. The van der Waals surface area contributed by atoms with Crippen LogP contribution in [0.3, 0.4) is 0 Å². The van der Waals surface area contributed by atoms with E-state index < -0.39 is 17.7 Å². The summed E-state index contributed by atoms with van der Waals surface area (Å²) in [5, 5.41) is 6.67. The van der Waals surface area contributed by atoms with Gasteiger partial charge in [0.25, 0.3) is 0 Å². The molecule has 0 amide bonds. The van der Waals surface area contributed by atoms with Crippen LogP contribution in [0, 0.1) is 11.6 Å². The van der Waals surface area contributed by atoms with Crippen LogP contribution < -0.4 is 10.1 Å². The van der Waals surface area contributed by atoms with Crippen molar-refractivity contribution in [2.24, 2.45) is 0 Å². The van der Waals surface area contributed by atoms with E-state index in [9.17, 15) is 8.78 Å². The number of hydrogen-bond donors (Lipinski definition) is 1. The van der Waals surface area contributed by atoms with Gasteiger partial charge >= 0.3 is 0 Å². The molecular weight excluding hydrogens is 256 g/mol. The molecule has 0 aliphatic carbocycles. The van der Waals surface area contributed by atoms with Gasteiger partial charge in [-0.25, -0.2) is 8.78 Å². The molecule has 0 bridgehead atoms. The zero-order valence-corrected chi connectivity index (χ0v) is 10.9. The summed E-state index contributed by atoms with van der Waals surface area (Å²) in [6.45, 7) is 0. The minimum atomic E-state index is -0.614. The largest absolute Gasteiger partial charge is 0.497 e. The van der Waals surface area contributed by atoms with Crippen LogP contribution in [-0.2, 0) is 0 Å². The molecule has 18 heavy (non-hydrogen) atoms. The second-order valence-electron chi connectivity index (χ2n) is 3.78. The van der Waals surface area contributed by atoms with E-state index in [-0.39, 0.29) is 11.3 Å². The predicted molar refractivity (Wildman–Crippen MR) is 68.1 cm³/mol. The molecule has 0 spiro atoms. The van der Waals surface area contributed by atoms with Gasteiger partial charge in [-0.05, 0) is 29.4 Å². The summed E-state index contributed by atoms with van der Waals surface area (Å²) in [7, 11) is 3.05. The monoisotopic (exact) mass is 269 g/mol. The molecule has 2 nitrogen and oxygen atoms in total. The van der Waals surface area contributed by atoms with Crippen LogP contribution in [0.5, 0.6) is 5.75 Å². The lowest BCUT2D eigenvalue weighted by Gasteiger charge is -2.17. The van der Waals surface area contributed by atoms with Gasteiger partial charge in [-0.3, -0.25) is 0 Å². The van der Waals surface area contributed by atoms with Crippen molar-refractivity contribution in [3.05, 3.63) is 51.7 Å². The highest BCUT2D eigenvalue weighted by Crippen LogP contribution is 2.30. The molecule has 96 valence electrons. The van der Waals surface area contributed by atoms with Gasteiger partial charge in [0.05, 0.1) is 13.2 Å². The van der Waals surface area contributed by atoms with Gasteiger partial charge in [0, 0.05) is 17.7 Å². The summed E-state index contributed by atoms with van der Waals surface area (Å²) in [6, 6.07) is 3.72. The highest BCUT2D eigenvalue weighted by atomic mass is 32.1. The van der Waals surface area contributed by atoms with Crippen molar-refractivity contribution in [2.75, 3.05) is 14.2 Å². The summed E-state index contributed by atoms with van der Waals surface area (Å²) < 4.78 is 32.8. The summed E-state index contributed by atoms with van der Waals surface area (Å²) in [4.78, 5) is 0. The molecular formula is C13H13F2NOS.